The standard InChI is InChI=1S/C20H17N3O/c24-17-10-8-15(9-11-17)13-19-22-18-7-4-12-21-20(18)23(19)14-16-5-2-1-3-6-16/h1-12,24H,13-14H2. The molecule has 0 unspecified atom stereocenters. The Labute approximate surface area is 140 Å². The lowest BCUT2D eigenvalue weighted by Crippen LogP contribution is -2.06. The second kappa shape index (κ2) is 6.16. The predicted molar refractivity (Wildman–Crippen MR) is 94.0 cm³/mol. The number of benzene rings is 2. The van der Waals surface area contributed by atoms with Crippen molar-refractivity contribution in [2.24, 2.45) is 0 Å². The zero-order chi connectivity index (χ0) is 16.4. The molecule has 0 fully saturated rings. The molecule has 1 N–H and O–H groups in total. The Morgan fingerprint density at radius 1 is 0.833 bits per heavy atom. The molecule has 0 amide bonds. The highest BCUT2D eigenvalue weighted by Gasteiger charge is 2.12. The quantitative estimate of drug-likeness (QED) is 0.623. The van der Waals surface area contributed by atoms with E-state index >= 15 is 0 Å². The molecule has 0 saturated carbocycles. The van der Waals surface area contributed by atoms with Crippen LogP contribution in [0.1, 0.15) is 17.0 Å². The molecule has 24 heavy (non-hydrogen) atoms. The van der Waals surface area contributed by atoms with Crippen LogP contribution in [0.3, 0.4) is 0 Å². The van der Waals surface area contributed by atoms with Crippen LogP contribution >= 0.6 is 0 Å². The Balaban J connectivity index is 1.76. The van der Waals surface area contributed by atoms with Crippen LogP contribution in [0.5, 0.6) is 5.75 Å². The minimum Gasteiger partial charge on any atom is -0.508 e. The number of phenolic OH excluding ortho intramolecular Hbond substituents is 1. The first-order valence-electron chi connectivity index (χ1n) is 7.91. The van der Waals surface area contributed by atoms with Crippen molar-refractivity contribution in [2.45, 2.75) is 13.0 Å². The lowest BCUT2D eigenvalue weighted by atomic mass is 10.1. The molecule has 4 heteroatoms. The third-order valence-corrected chi connectivity index (χ3v) is 4.06. The molecule has 2 heterocycles. The van der Waals surface area contributed by atoms with Gasteiger partial charge in [0.15, 0.2) is 5.65 Å². The molecule has 4 aromatic rings. The highest BCUT2D eigenvalue weighted by molar-refractivity contribution is 5.71. The first-order valence-corrected chi connectivity index (χ1v) is 7.91. The average Bonchev–Trinajstić information content (AvgIpc) is 2.95. The fourth-order valence-electron chi connectivity index (χ4n) is 2.87. The van der Waals surface area contributed by atoms with Crippen molar-refractivity contribution >= 4 is 11.2 Å². The molecule has 0 aliphatic heterocycles. The van der Waals surface area contributed by atoms with Crippen LogP contribution in [0.4, 0.5) is 0 Å². The van der Waals surface area contributed by atoms with Crippen molar-refractivity contribution in [1.29, 1.82) is 0 Å². The summed E-state index contributed by atoms with van der Waals surface area (Å²) in [7, 11) is 0. The molecule has 4 nitrogen and oxygen atoms in total. The van der Waals surface area contributed by atoms with E-state index in [2.05, 4.69) is 21.7 Å². The van der Waals surface area contributed by atoms with Gasteiger partial charge in [-0.05, 0) is 35.4 Å². The number of aromatic hydroxyl groups is 1. The monoisotopic (exact) mass is 315 g/mol. The van der Waals surface area contributed by atoms with E-state index in [1.807, 2.05) is 42.5 Å². The van der Waals surface area contributed by atoms with Crippen molar-refractivity contribution in [2.75, 3.05) is 0 Å². The SMILES string of the molecule is Oc1ccc(Cc2nc3cccnc3n2Cc2ccccc2)cc1. The van der Waals surface area contributed by atoms with Gasteiger partial charge in [-0.1, -0.05) is 42.5 Å². The van der Waals surface area contributed by atoms with E-state index in [-0.39, 0.29) is 5.75 Å². The number of phenols is 1. The number of nitrogens with zero attached hydrogens (tertiary/aromatic N) is 3. The largest absolute Gasteiger partial charge is 0.508 e. The van der Waals surface area contributed by atoms with E-state index in [1.165, 1.54) is 5.56 Å². The molecular formula is C20H17N3O. The number of hydrogen-bond donors (Lipinski definition) is 1. The molecule has 0 aliphatic carbocycles. The second-order valence-electron chi connectivity index (χ2n) is 5.79. The van der Waals surface area contributed by atoms with Crippen molar-refractivity contribution < 1.29 is 5.11 Å². The molecular weight excluding hydrogens is 298 g/mol. The Morgan fingerprint density at radius 3 is 2.42 bits per heavy atom. The molecule has 118 valence electrons. The Morgan fingerprint density at radius 2 is 1.62 bits per heavy atom. The summed E-state index contributed by atoms with van der Waals surface area (Å²) in [6.07, 6.45) is 2.50. The van der Waals surface area contributed by atoms with Crippen molar-refractivity contribution in [3.63, 3.8) is 0 Å². The maximum absolute atomic E-state index is 9.46. The molecule has 0 radical (unpaired) electrons. The van der Waals surface area contributed by atoms with Gasteiger partial charge in [-0.3, -0.25) is 0 Å². The number of rotatable bonds is 4. The van der Waals surface area contributed by atoms with Crippen LogP contribution in [0.25, 0.3) is 11.2 Å². The molecule has 0 bridgehead atoms. The number of hydrogen-bond acceptors (Lipinski definition) is 3. The van der Waals surface area contributed by atoms with Crippen molar-refractivity contribution in [1.82, 2.24) is 14.5 Å². The van der Waals surface area contributed by atoms with Gasteiger partial charge in [-0.25, -0.2) is 9.97 Å². The Bertz CT molecular complexity index is 959. The van der Waals surface area contributed by atoms with Crippen LogP contribution in [0.15, 0.2) is 72.9 Å². The number of imidazole rings is 1. The third kappa shape index (κ3) is 2.86. The highest BCUT2D eigenvalue weighted by atomic mass is 16.3. The van der Waals surface area contributed by atoms with E-state index < -0.39 is 0 Å². The summed E-state index contributed by atoms with van der Waals surface area (Å²) in [5.74, 6) is 1.25. The molecule has 0 atom stereocenters. The van der Waals surface area contributed by atoms with Crippen LogP contribution in [0.2, 0.25) is 0 Å². The zero-order valence-electron chi connectivity index (χ0n) is 13.1. The molecule has 0 saturated heterocycles. The second-order valence-corrected chi connectivity index (χ2v) is 5.79. The minimum absolute atomic E-state index is 0.276. The van der Waals surface area contributed by atoms with E-state index in [0.717, 1.165) is 29.1 Å². The summed E-state index contributed by atoms with van der Waals surface area (Å²) in [5.41, 5.74) is 4.13. The lowest BCUT2D eigenvalue weighted by molar-refractivity contribution is 0.475. The topological polar surface area (TPSA) is 50.9 Å². The summed E-state index contributed by atoms with van der Waals surface area (Å²) in [6, 6.07) is 21.5. The van der Waals surface area contributed by atoms with Gasteiger partial charge in [-0.15, -0.1) is 0 Å². The fourth-order valence-corrected chi connectivity index (χ4v) is 2.87. The fraction of sp³-hybridized carbons (Fsp3) is 0.100. The molecule has 4 rings (SSSR count). The van der Waals surface area contributed by atoms with E-state index in [4.69, 9.17) is 4.98 Å². The maximum Gasteiger partial charge on any atom is 0.160 e. The van der Waals surface area contributed by atoms with Crippen LogP contribution < -0.4 is 0 Å². The van der Waals surface area contributed by atoms with Gasteiger partial charge >= 0.3 is 0 Å². The Hall–Kier alpha value is -3.14. The number of pyridine rings is 1. The summed E-state index contributed by atoms with van der Waals surface area (Å²) in [6.45, 7) is 0.738. The lowest BCUT2D eigenvalue weighted by Gasteiger charge is -2.09. The summed E-state index contributed by atoms with van der Waals surface area (Å²) >= 11 is 0. The van der Waals surface area contributed by atoms with E-state index in [1.54, 1.807) is 18.3 Å². The van der Waals surface area contributed by atoms with E-state index in [0.29, 0.717) is 6.42 Å². The average molecular weight is 315 g/mol. The van der Waals surface area contributed by atoms with Crippen molar-refractivity contribution in [3.05, 3.63) is 89.9 Å². The van der Waals surface area contributed by atoms with Crippen molar-refractivity contribution in [3.8, 4) is 5.75 Å². The third-order valence-electron chi connectivity index (χ3n) is 4.06. The van der Waals surface area contributed by atoms with Crippen LogP contribution in [0, 0.1) is 0 Å². The number of aromatic nitrogens is 3. The van der Waals surface area contributed by atoms with Gasteiger partial charge in [0.2, 0.25) is 0 Å². The predicted octanol–water partition coefficient (Wildman–Crippen LogP) is 3.78. The summed E-state index contributed by atoms with van der Waals surface area (Å²) in [5, 5.41) is 9.46. The van der Waals surface area contributed by atoms with Gasteiger partial charge in [0, 0.05) is 12.6 Å². The van der Waals surface area contributed by atoms with Gasteiger partial charge in [-0.2, -0.15) is 0 Å². The van der Waals surface area contributed by atoms with Crippen LogP contribution in [-0.4, -0.2) is 19.6 Å². The first kappa shape index (κ1) is 14.5. The highest BCUT2D eigenvalue weighted by Crippen LogP contribution is 2.19. The maximum atomic E-state index is 9.46. The first-order chi connectivity index (χ1) is 11.8. The van der Waals surface area contributed by atoms with Gasteiger partial charge in [0.05, 0.1) is 6.54 Å². The zero-order valence-corrected chi connectivity index (χ0v) is 13.1. The minimum atomic E-state index is 0.276. The van der Waals surface area contributed by atoms with Gasteiger partial charge < -0.3 is 9.67 Å². The number of fused-ring (bicyclic) bond motifs is 1. The Kier molecular flexibility index (Phi) is 3.71. The van der Waals surface area contributed by atoms with Gasteiger partial charge in [0.25, 0.3) is 0 Å². The summed E-state index contributed by atoms with van der Waals surface area (Å²) < 4.78 is 2.16. The molecule has 0 spiro atoms. The van der Waals surface area contributed by atoms with Gasteiger partial charge in [0.1, 0.15) is 17.1 Å². The van der Waals surface area contributed by atoms with E-state index in [9.17, 15) is 5.11 Å². The van der Waals surface area contributed by atoms with Crippen LogP contribution in [-0.2, 0) is 13.0 Å². The molecule has 2 aromatic carbocycles. The normalized spacial score (nSPS) is 11.0. The summed E-state index contributed by atoms with van der Waals surface area (Å²) in [4.78, 5) is 9.28. The smallest absolute Gasteiger partial charge is 0.160 e. The molecule has 0 aliphatic rings. The molecule has 2 aromatic heterocycles.